The highest BCUT2D eigenvalue weighted by Crippen LogP contribution is 2.41. The van der Waals surface area contributed by atoms with E-state index in [1.165, 1.54) is 12.0 Å². The fraction of sp³-hybridized carbons (Fsp3) is 0.261. The molecule has 1 fully saturated rings. The first-order valence-corrected chi connectivity index (χ1v) is 10.7. The van der Waals surface area contributed by atoms with Crippen LogP contribution in [0.4, 0.5) is 0 Å². The van der Waals surface area contributed by atoms with Crippen LogP contribution in [0.5, 0.6) is 0 Å². The van der Waals surface area contributed by atoms with Gasteiger partial charge in [0.2, 0.25) is 0 Å². The molecule has 3 heterocycles. The second-order valence-electron chi connectivity index (χ2n) is 7.59. The molecule has 7 nitrogen and oxygen atoms in total. The van der Waals surface area contributed by atoms with Gasteiger partial charge in [-0.05, 0) is 43.2 Å². The number of Topliss-reactive ketones (excluding diaryl/α,β-unsaturated/α-hetero) is 1. The van der Waals surface area contributed by atoms with Gasteiger partial charge < -0.3 is 19.1 Å². The summed E-state index contributed by atoms with van der Waals surface area (Å²) in [7, 11) is 1.51. The Morgan fingerprint density at radius 2 is 1.94 bits per heavy atom. The van der Waals surface area contributed by atoms with Crippen molar-refractivity contribution >= 4 is 46.3 Å². The predicted octanol–water partition coefficient (Wildman–Crippen LogP) is 4.33. The molecule has 0 saturated carbocycles. The Morgan fingerprint density at radius 3 is 2.59 bits per heavy atom. The van der Waals surface area contributed by atoms with Crippen LogP contribution in [-0.2, 0) is 14.3 Å². The first-order valence-electron chi connectivity index (χ1n) is 9.93. The summed E-state index contributed by atoms with van der Waals surface area (Å²) in [5.41, 5.74) is 2.97. The van der Waals surface area contributed by atoms with E-state index >= 15 is 0 Å². The van der Waals surface area contributed by atoms with E-state index in [-0.39, 0.29) is 35.2 Å². The van der Waals surface area contributed by atoms with Gasteiger partial charge >= 0.3 is 0 Å². The second-order valence-corrected chi connectivity index (χ2v) is 8.40. The summed E-state index contributed by atoms with van der Waals surface area (Å²) in [6.07, 6.45) is 1.83. The molecule has 0 radical (unpaired) electrons. The number of aromatic nitrogens is 2. The number of rotatable bonds is 5. The molecular weight excluding hydrogens is 453 g/mol. The van der Waals surface area contributed by atoms with Crippen LogP contribution in [0, 0.1) is 13.8 Å². The van der Waals surface area contributed by atoms with Crippen molar-refractivity contribution in [3.8, 4) is 0 Å². The molecule has 1 aromatic carbocycles. The van der Waals surface area contributed by atoms with Gasteiger partial charge in [0.25, 0.3) is 11.7 Å². The number of ketones is 1. The van der Waals surface area contributed by atoms with E-state index in [1.807, 2.05) is 29.7 Å². The molecule has 0 spiro atoms. The molecule has 1 N–H and O–H groups in total. The minimum atomic E-state index is -0.856. The fourth-order valence-corrected chi connectivity index (χ4v) is 4.31. The summed E-state index contributed by atoms with van der Waals surface area (Å²) in [4.78, 5) is 31.9. The number of aryl methyl sites for hydroxylation is 2. The van der Waals surface area contributed by atoms with Gasteiger partial charge in [0.1, 0.15) is 11.3 Å². The number of fused-ring (bicyclic) bond motifs is 1. The van der Waals surface area contributed by atoms with Gasteiger partial charge in [-0.25, -0.2) is 4.98 Å². The van der Waals surface area contributed by atoms with Gasteiger partial charge in [0.05, 0.1) is 34.0 Å². The molecule has 166 valence electrons. The normalized spacial score (nSPS) is 18.2. The zero-order valence-electron chi connectivity index (χ0n) is 17.7. The van der Waals surface area contributed by atoms with Crippen LogP contribution in [0.3, 0.4) is 0 Å². The third-order valence-corrected chi connectivity index (χ3v) is 6.38. The molecule has 0 aliphatic carbocycles. The minimum Gasteiger partial charge on any atom is -0.505 e. The topological polar surface area (TPSA) is 84.1 Å². The fourth-order valence-electron chi connectivity index (χ4n) is 4.00. The summed E-state index contributed by atoms with van der Waals surface area (Å²) in [5, 5.41) is 11.9. The third-order valence-electron chi connectivity index (χ3n) is 5.64. The van der Waals surface area contributed by atoms with Crippen molar-refractivity contribution in [2.45, 2.75) is 19.9 Å². The lowest BCUT2D eigenvalue weighted by molar-refractivity contribution is -0.140. The number of halogens is 2. The van der Waals surface area contributed by atoms with E-state index in [2.05, 4.69) is 4.98 Å². The first kappa shape index (κ1) is 22.3. The SMILES string of the molecule is COCCN1C(=O)C(=O)/C(=C(/O)c2nc3c(C)cccn3c2C)C1c1ccc(Cl)c(Cl)c1. The van der Waals surface area contributed by atoms with E-state index in [1.54, 1.807) is 25.1 Å². The Hall–Kier alpha value is -2.87. The van der Waals surface area contributed by atoms with Crippen molar-refractivity contribution < 1.29 is 19.4 Å². The van der Waals surface area contributed by atoms with Crippen LogP contribution < -0.4 is 0 Å². The average Bonchev–Trinajstić information content (AvgIpc) is 3.24. The summed E-state index contributed by atoms with van der Waals surface area (Å²) in [5.74, 6) is -1.85. The average molecular weight is 474 g/mol. The highest BCUT2D eigenvalue weighted by atomic mass is 35.5. The first-order chi connectivity index (χ1) is 15.3. The molecule has 1 aliphatic heterocycles. The van der Waals surface area contributed by atoms with Gasteiger partial charge in [0, 0.05) is 19.9 Å². The predicted molar refractivity (Wildman–Crippen MR) is 122 cm³/mol. The van der Waals surface area contributed by atoms with Crippen LogP contribution >= 0.6 is 23.2 Å². The standard InChI is InChI=1S/C23H21Cl2N3O4/c1-12-5-4-8-27-13(2)18(26-22(12)27)20(29)17-19(14-6-7-15(24)16(25)11-14)28(9-10-32-3)23(31)21(17)30/h4-8,11,19,29H,9-10H2,1-3H3/b20-17+. The number of amides is 1. The smallest absolute Gasteiger partial charge is 0.295 e. The van der Waals surface area contributed by atoms with Crippen LogP contribution in [-0.4, -0.2) is 51.3 Å². The lowest BCUT2D eigenvalue weighted by Gasteiger charge is -2.25. The molecule has 1 amide bonds. The number of ether oxygens (including phenoxy) is 1. The molecule has 4 rings (SSSR count). The minimum absolute atomic E-state index is 0.0475. The molecule has 2 aromatic heterocycles. The number of aliphatic hydroxyl groups excluding tert-OH is 1. The third kappa shape index (κ3) is 3.56. The van der Waals surface area contributed by atoms with E-state index in [0.29, 0.717) is 21.9 Å². The lowest BCUT2D eigenvalue weighted by Crippen LogP contribution is -2.32. The van der Waals surface area contributed by atoms with E-state index in [4.69, 9.17) is 27.9 Å². The van der Waals surface area contributed by atoms with E-state index < -0.39 is 17.7 Å². The van der Waals surface area contributed by atoms with Crippen molar-refractivity contribution in [1.29, 1.82) is 0 Å². The van der Waals surface area contributed by atoms with Gasteiger partial charge in [-0.1, -0.05) is 35.3 Å². The zero-order valence-corrected chi connectivity index (χ0v) is 19.2. The molecule has 32 heavy (non-hydrogen) atoms. The maximum Gasteiger partial charge on any atom is 0.295 e. The van der Waals surface area contributed by atoms with E-state index in [0.717, 1.165) is 5.56 Å². The number of imidazole rings is 1. The number of carbonyl (C=O) groups is 2. The molecule has 3 aromatic rings. The monoisotopic (exact) mass is 473 g/mol. The van der Waals surface area contributed by atoms with Gasteiger partial charge in [-0.2, -0.15) is 0 Å². The molecule has 1 saturated heterocycles. The molecule has 1 aliphatic rings. The number of aliphatic hydroxyl groups is 1. The quantitative estimate of drug-likeness (QED) is 0.338. The number of carbonyl (C=O) groups excluding carboxylic acids is 2. The number of hydrogen-bond donors (Lipinski definition) is 1. The highest BCUT2D eigenvalue weighted by Gasteiger charge is 2.46. The summed E-state index contributed by atoms with van der Waals surface area (Å²) in [6, 6.07) is 7.79. The number of likely N-dealkylation sites (tertiary alicyclic amines) is 1. The Bertz CT molecular complexity index is 1280. The number of methoxy groups -OCH3 is 1. The Balaban J connectivity index is 1.95. The Labute approximate surface area is 194 Å². The second kappa shape index (κ2) is 8.58. The highest BCUT2D eigenvalue weighted by molar-refractivity contribution is 6.46. The number of benzene rings is 1. The number of hydrogen-bond acceptors (Lipinski definition) is 5. The largest absolute Gasteiger partial charge is 0.505 e. The van der Waals surface area contributed by atoms with Crippen LogP contribution in [0.15, 0.2) is 42.1 Å². The molecule has 9 heteroatoms. The zero-order chi connectivity index (χ0) is 23.2. The van der Waals surface area contributed by atoms with Crippen LogP contribution in [0.2, 0.25) is 10.0 Å². The summed E-state index contributed by atoms with van der Waals surface area (Å²) < 4.78 is 6.95. The molecular formula is C23H21Cl2N3O4. The van der Waals surface area contributed by atoms with Crippen molar-refractivity contribution in [3.05, 3.63) is 74.7 Å². The summed E-state index contributed by atoms with van der Waals surface area (Å²) in [6.45, 7) is 4.08. The molecule has 1 unspecified atom stereocenters. The van der Waals surface area contributed by atoms with Crippen molar-refractivity contribution in [2.75, 3.05) is 20.3 Å². The summed E-state index contributed by atoms with van der Waals surface area (Å²) >= 11 is 12.3. The van der Waals surface area contributed by atoms with E-state index in [9.17, 15) is 14.7 Å². The van der Waals surface area contributed by atoms with Gasteiger partial charge in [-0.15, -0.1) is 0 Å². The molecule has 1 atom stereocenters. The Morgan fingerprint density at radius 1 is 1.19 bits per heavy atom. The van der Waals surface area contributed by atoms with Gasteiger partial charge in [-0.3, -0.25) is 9.59 Å². The maximum atomic E-state index is 13.1. The van der Waals surface area contributed by atoms with Crippen LogP contribution in [0.1, 0.15) is 28.6 Å². The van der Waals surface area contributed by atoms with Crippen molar-refractivity contribution in [1.82, 2.24) is 14.3 Å². The Kier molecular flexibility index (Phi) is 5.99. The van der Waals surface area contributed by atoms with Crippen molar-refractivity contribution in [2.24, 2.45) is 0 Å². The van der Waals surface area contributed by atoms with Gasteiger partial charge in [0.15, 0.2) is 5.76 Å². The number of pyridine rings is 1. The van der Waals surface area contributed by atoms with Crippen molar-refractivity contribution in [3.63, 3.8) is 0 Å². The molecule has 0 bridgehead atoms. The maximum absolute atomic E-state index is 13.1. The van der Waals surface area contributed by atoms with Crippen LogP contribution in [0.25, 0.3) is 11.4 Å². The lowest BCUT2D eigenvalue weighted by atomic mass is 9.96. The number of nitrogens with zero attached hydrogens (tertiary/aromatic N) is 3.